The van der Waals surface area contributed by atoms with E-state index in [4.69, 9.17) is 27.9 Å². The lowest BCUT2D eigenvalue weighted by atomic mass is 10.1. The number of pyridine rings is 2. The topological polar surface area (TPSA) is 81.9 Å². The van der Waals surface area contributed by atoms with Gasteiger partial charge in [0.1, 0.15) is 10.8 Å². The maximum absolute atomic E-state index is 12.6. The minimum atomic E-state index is -0.180. The number of halogens is 2. The van der Waals surface area contributed by atoms with E-state index in [0.29, 0.717) is 34.2 Å². The smallest absolute Gasteiger partial charge is 0.264 e. The summed E-state index contributed by atoms with van der Waals surface area (Å²) in [6, 6.07) is 10.7. The Kier molecular flexibility index (Phi) is 5.08. The SMILES string of the molecule is CNc1ncc(-c2ccc3cc(Oc4ccnc(Cl)c4Cl)ccc3n2)c(=O)n1C. The largest absolute Gasteiger partial charge is 0.456 e. The average molecular weight is 428 g/mol. The van der Waals surface area contributed by atoms with Gasteiger partial charge in [-0.15, -0.1) is 0 Å². The zero-order chi connectivity index (χ0) is 20.5. The number of nitrogens with one attached hydrogen (secondary N) is 1. The van der Waals surface area contributed by atoms with Crippen molar-refractivity contribution in [1.82, 2.24) is 19.5 Å². The van der Waals surface area contributed by atoms with Crippen LogP contribution in [0.5, 0.6) is 11.5 Å². The van der Waals surface area contributed by atoms with Crippen LogP contribution in [-0.4, -0.2) is 26.6 Å². The summed E-state index contributed by atoms with van der Waals surface area (Å²) in [6.45, 7) is 0. The van der Waals surface area contributed by atoms with Gasteiger partial charge < -0.3 is 10.1 Å². The van der Waals surface area contributed by atoms with Crippen molar-refractivity contribution in [1.29, 1.82) is 0 Å². The van der Waals surface area contributed by atoms with E-state index in [1.54, 1.807) is 32.3 Å². The van der Waals surface area contributed by atoms with Crippen molar-refractivity contribution in [3.8, 4) is 22.8 Å². The minimum Gasteiger partial charge on any atom is -0.456 e. The van der Waals surface area contributed by atoms with Crippen molar-refractivity contribution < 1.29 is 4.74 Å². The van der Waals surface area contributed by atoms with E-state index in [0.717, 1.165) is 5.39 Å². The molecule has 0 saturated heterocycles. The molecule has 9 heteroatoms. The van der Waals surface area contributed by atoms with Crippen molar-refractivity contribution in [2.24, 2.45) is 7.05 Å². The van der Waals surface area contributed by atoms with Crippen LogP contribution in [0, 0.1) is 0 Å². The maximum Gasteiger partial charge on any atom is 0.264 e. The number of ether oxygens (including phenoxy) is 1. The van der Waals surface area contributed by atoms with Gasteiger partial charge in [0.15, 0.2) is 10.9 Å². The predicted molar refractivity (Wildman–Crippen MR) is 114 cm³/mol. The third kappa shape index (κ3) is 3.62. The number of nitrogens with zero attached hydrogens (tertiary/aromatic N) is 4. The number of hydrogen-bond donors (Lipinski definition) is 1. The van der Waals surface area contributed by atoms with Gasteiger partial charge in [0.05, 0.1) is 16.8 Å². The standard InChI is InChI=1S/C20H15Cl2N5O2/c1-23-20-25-10-13(19(28)27(20)2)15-5-3-11-9-12(4-6-14(11)26-15)29-16-7-8-24-18(22)17(16)21/h3-10H,1-2H3,(H,23,25). The lowest BCUT2D eigenvalue weighted by molar-refractivity contribution is 0.483. The molecule has 0 unspecified atom stereocenters. The Hall–Kier alpha value is -3.16. The maximum atomic E-state index is 12.6. The molecule has 0 fully saturated rings. The summed E-state index contributed by atoms with van der Waals surface area (Å²) in [5.41, 5.74) is 1.51. The summed E-state index contributed by atoms with van der Waals surface area (Å²) in [5.74, 6) is 1.47. The Morgan fingerprint density at radius 2 is 1.93 bits per heavy atom. The van der Waals surface area contributed by atoms with E-state index in [1.165, 1.54) is 17.0 Å². The first-order chi connectivity index (χ1) is 14.0. The summed E-state index contributed by atoms with van der Waals surface area (Å²) in [5, 5.41) is 4.14. The molecule has 7 nitrogen and oxygen atoms in total. The van der Waals surface area contributed by atoms with Crippen LogP contribution >= 0.6 is 23.2 Å². The average Bonchev–Trinajstić information content (AvgIpc) is 2.73. The Morgan fingerprint density at radius 1 is 1.10 bits per heavy atom. The molecule has 0 spiro atoms. The Labute approximate surface area is 175 Å². The zero-order valence-corrected chi connectivity index (χ0v) is 17.0. The van der Waals surface area contributed by atoms with Gasteiger partial charge in [0, 0.05) is 37.9 Å². The van der Waals surface area contributed by atoms with Gasteiger partial charge in [0.25, 0.3) is 5.56 Å². The van der Waals surface area contributed by atoms with Crippen LogP contribution in [0.2, 0.25) is 10.2 Å². The first-order valence-corrected chi connectivity index (χ1v) is 9.36. The molecule has 0 saturated carbocycles. The Bertz CT molecular complexity index is 1290. The lowest BCUT2D eigenvalue weighted by Gasteiger charge is -2.10. The first-order valence-electron chi connectivity index (χ1n) is 8.60. The monoisotopic (exact) mass is 427 g/mol. The molecule has 3 heterocycles. The van der Waals surface area contributed by atoms with Crippen LogP contribution in [0.4, 0.5) is 5.95 Å². The quantitative estimate of drug-likeness (QED) is 0.481. The molecule has 0 aliphatic rings. The Morgan fingerprint density at radius 3 is 2.72 bits per heavy atom. The third-order valence-electron chi connectivity index (χ3n) is 4.37. The molecule has 1 aromatic carbocycles. The van der Waals surface area contributed by atoms with E-state index in [9.17, 15) is 4.79 Å². The Balaban J connectivity index is 1.70. The van der Waals surface area contributed by atoms with Crippen LogP contribution in [-0.2, 0) is 7.05 Å². The normalized spacial score (nSPS) is 10.9. The minimum absolute atomic E-state index is 0.177. The highest BCUT2D eigenvalue weighted by molar-refractivity contribution is 6.42. The van der Waals surface area contributed by atoms with Crippen molar-refractivity contribution in [3.63, 3.8) is 0 Å². The second-order valence-electron chi connectivity index (χ2n) is 6.18. The van der Waals surface area contributed by atoms with Gasteiger partial charge in [-0.25, -0.2) is 15.0 Å². The molecule has 4 aromatic rings. The second kappa shape index (κ2) is 7.69. The van der Waals surface area contributed by atoms with Gasteiger partial charge >= 0.3 is 0 Å². The van der Waals surface area contributed by atoms with Gasteiger partial charge in [0.2, 0.25) is 5.95 Å². The molecule has 0 atom stereocenters. The molecule has 0 amide bonds. The van der Waals surface area contributed by atoms with Crippen molar-refractivity contribution in [2.75, 3.05) is 12.4 Å². The van der Waals surface area contributed by atoms with Gasteiger partial charge in [-0.1, -0.05) is 29.3 Å². The van der Waals surface area contributed by atoms with Gasteiger partial charge in [-0.2, -0.15) is 0 Å². The van der Waals surface area contributed by atoms with Crippen LogP contribution in [0.25, 0.3) is 22.2 Å². The van der Waals surface area contributed by atoms with Crippen LogP contribution in [0.15, 0.2) is 53.6 Å². The summed E-state index contributed by atoms with van der Waals surface area (Å²) >= 11 is 12.0. The molecule has 0 radical (unpaired) electrons. The van der Waals surface area contributed by atoms with E-state index >= 15 is 0 Å². The molecular formula is C20H15Cl2N5O2. The van der Waals surface area contributed by atoms with Crippen LogP contribution in [0.1, 0.15) is 0 Å². The third-order valence-corrected chi connectivity index (χ3v) is 5.12. The van der Waals surface area contributed by atoms with Gasteiger partial charge in [-0.05, 0) is 24.3 Å². The summed E-state index contributed by atoms with van der Waals surface area (Å²) in [6.07, 6.45) is 3.04. The molecular weight excluding hydrogens is 413 g/mol. The van der Waals surface area contributed by atoms with E-state index in [2.05, 4.69) is 20.3 Å². The number of aromatic nitrogens is 4. The molecule has 3 aromatic heterocycles. The molecule has 0 aliphatic heterocycles. The second-order valence-corrected chi connectivity index (χ2v) is 6.91. The summed E-state index contributed by atoms with van der Waals surface area (Å²) in [7, 11) is 3.37. The lowest BCUT2D eigenvalue weighted by Crippen LogP contribution is -2.22. The molecule has 0 aliphatic carbocycles. The highest BCUT2D eigenvalue weighted by atomic mass is 35.5. The highest BCUT2D eigenvalue weighted by Crippen LogP contribution is 2.34. The number of fused-ring (bicyclic) bond motifs is 1. The summed E-state index contributed by atoms with van der Waals surface area (Å²) in [4.78, 5) is 25.3. The molecule has 4 rings (SSSR count). The molecule has 146 valence electrons. The van der Waals surface area contributed by atoms with Gasteiger partial charge in [-0.3, -0.25) is 9.36 Å². The van der Waals surface area contributed by atoms with Crippen LogP contribution in [0.3, 0.4) is 0 Å². The van der Waals surface area contributed by atoms with E-state index < -0.39 is 0 Å². The van der Waals surface area contributed by atoms with Crippen molar-refractivity contribution in [3.05, 3.63) is 69.3 Å². The number of benzene rings is 1. The number of rotatable bonds is 4. The molecule has 1 N–H and O–H groups in total. The van der Waals surface area contributed by atoms with Crippen molar-refractivity contribution in [2.45, 2.75) is 0 Å². The molecule has 0 bridgehead atoms. The number of hydrogen-bond acceptors (Lipinski definition) is 6. The highest BCUT2D eigenvalue weighted by Gasteiger charge is 2.12. The molecule has 29 heavy (non-hydrogen) atoms. The fraction of sp³-hybridized carbons (Fsp3) is 0.100. The first kappa shape index (κ1) is 19.2. The number of anilines is 1. The fourth-order valence-corrected chi connectivity index (χ4v) is 3.18. The zero-order valence-electron chi connectivity index (χ0n) is 15.5. The fourth-order valence-electron chi connectivity index (χ4n) is 2.88. The summed E-state index contributed by atoms with van der Waals surface area (Å²) < 4.78 is 7.27. The van der Waals surface area contributed by atoms with E-state index in [1.807, 2.05) is 18.2 Å². The van der Waals surface area contributed by atoms with Crippen LogP contribution < -0.4 is 15.6 Å². The van der Waals surface area contributed by atoms with E-state index in [-0.39, 0.29) is 15.7 Å². The predicted octanol–water partition coefficient (Wildman–Crippen LogP) is 4.53. The van der Waals surface area contributed by atoms with Crippen molar-refractivity contribution >= 4 is 40.1 Å².